The van der Waals surface area contributed by atoms with E-state index in [2.05, 4.69) is 20.7 Å². The fraction of sp³-hybridized carbons (Fsp3) is 0.250. The van der Waals surface area contributed by atoms with Gasteiger partial charge in [-0.05, 0) is 19.2 Å². The summed E-state index contributed by atoms with van der Waals surface area (Å²) in [6.45, 7) is 0.0737. The number of rotatable bonds is 4. The summed E-state index contributed by atoms with van der Waals surface area (Å²) in [5, 5.41) is 8.97. The number of carbonyl (C=O) groups excluding carboxylic acids is 1. The monoisotopic (exact) mass is 299 g/mol. The van der Waals surface area contributed by atoms with Gasteiger partial charge in [0.1, 0.15) is 5.56 Å². The molecule has 112 valence electrons. The van der Waals surface area contributed by atoms with Gasteiger partial charge in [-0.1, -0.05) is 0 Å². The highest BCUT2D eigenvalue weighted by atomic mass is 19.4. The molecule has 2 heterocycles. The first-order valence-electron chi connectivity index (χ1n) is 5.94. The van der Waals surface area contributed by atoms with Crippen LogP contribution in [0.25, 0.3) is 5.82 Å². The Bertz CT molecular complexity index is 638. The SMILES string of the molecule is CNCC(=O)Nc1ccn(-c2ncccc2C(F)(F)F)n1. The van der Waals surface area contributed by atoms with E-state index in [1.165, 1.54) is 24.5 Å². The quantitative estimate of drug-likeness (QED) is 0.896. The third kappa shape index (κ3) is 3.57. The number of likely N-dealkylation sites (N-methyl/N-ethyl adjacent to an activating group) is 1. The Labute approximate surface area is 118 Å². The maximum atomic E-state index is 12.9. The molecule has 0 fully saturated rings. The van der Waals surface area contributed by atoms with Gasteiger partial charge in [-0.2, -0.15) is 13.2 Å². The molecule has 0 aliphatic heterocycles. The van der Waals surface area contributed by atoms with Crippen LogP contribution in [0.1, 0.15) is 5.56 Å². The first-order valence-corrected chi connectivity index (χ1v) is 5.94. The molecule has 2 N–H and O–H groups in total. The van der Waals surface area contributed by atoms with Crippen LogP contribution in [-0.4, -0.2) is 34.3 Å². The lowest BCUT2D eigenvalue weighted by Crippen LogP contribution is -2.25. The van der Waals surface area contributed by atoms with Gasteiger partial charge in [0.2, 0.25) is 5.91 Å². The number of amides is 1. The third-order valence-electron chi connectivity index (χ3n) is 2.50. The van der Waals surface area contributed by atoms with Crippen LogP contribution >= 0.6 is 0 Å². The Morgan fingerprint density at radius 1 is 1.38 bits per heavy atom. The van der Waals surface area contributed by atoms with Crippen molar-refractivity contribution in [3.05, 3.63) is 36.2 Å². The van der Waals surface area contributed by atoms with Crippen molar-refractivity contribution in [2.75, 3.05) is 18.9 Å². The lowest BCUT2D eigenvalue weighted by molar-refractivity contribution is -0.137. The highest BCUT2D eigenvalue weighted by molar-refractivity contribution is 5.91. The van der Waals surface area contributed by atoms with Crippen molar-refractivity contribution in [1.82, 2.24) is 20.1 Å². The Kier molecular flexibility index (Phi) is 4.22. The maximum Gasteiger partial charge on any atom is 0.420 e. The van der Waals surface area contributed by atoms with Gasteiger partial charge in [-0.15, -0.1) is 5.10 Å². The van der Waals surface area contributed by atoms with Crippen LogP contribution in [0.2, 0.25) is 0 Å². The third-order valence-corrected chi connectivity index (χ3v) is 2.50. The van der Waals surface area contributed by atoms with Gasteiger partial charge in [0, 0.05) is 18.5 Å². The Morgan fingerprint density at radius 2 is 2.14 bits per heavy atom. The zero-order chi connectivity index (χ0) is 15.5. The summed E-state index contributed by atoms with van der Waals surface area (Å²) >= 11 is 0. The van der Waals surface area contributed by atoms with Crippen molar-refractivity contribution in [3.63, 3.8) is 0 Å². The number of anilines is 1. The van der Waals surface area contributed by atoms with E-state index in [9.17, 15) is 18.0 Å². The van der Waals surface area contributed by atoms with Crippen LogP contribution in [0.4, 0.5) is 19.0 Å². The minimum absolute atomic E-state index is 0.0737. The maximum absolute atomic E-state index is 12.9. The molecular weight excluding hydrogens is 287 g/mol. The molecule has 0 spiro atoms. The molecular formula is C12H12F3N5O. The van der Waals surface area contributed by atoms with Gasteiger partial charge in [-0.3, -0.25) is 4.79 Å². The highest BCUT2D eigenvalue weighted by Gasteiger charge is 2.34. The van der Waals surface area contributed by atoms with Gasteiger partial charge >= 0.3 is 6.18 Å². The second-order valence-electron chi connectivity index (χ2n) is 4.10. The molecule has 0 unspecified atom stereocenters. The normalized spacial score (nSPS) is 11.4. The molecule has 2 aromatic rings. The van der Waals surface area contributed by atoms with Crippen molar-refractivity contribution in [2.24, 2.45) is 0 Å². The molecule has 9 heteroatoms. The molecule has 0 saturated heterocycles. The predicted octanol–water partition coefficient (Wildman–Crippen LogP) is 1.44. The van der Waals surface area contributed by atoms with Crippen LogP contribution in [-0.2, 0) is 11.0 Å². The van der Waals surface area contributed by atoms with Crippen molar-refractivity contribution >= 4 is 11.7 Å². The van der Waals surface area contributed by atoms with E-state index >= 15 is 0 Å². The van der Waals surface area contributed by atoms with Crippen molar-refractivity contribution in [3.8, 4) is 5.82 Å². The molecule has 0 saturated carbocycles. The zero-order valence-corrected chi connectivity index (χ0v) is 11.0. The summed E-state index contributed by atoms with van der Waals surface area (Å²) in [4.78, 5) is 15.1. The van der Waals surface area contributed by atoms with Gasteiger partial charge in [0.25, 0.3) is 0 Å². The van der Waals surface area contributed by atoms with Gasteiger partial charge in [0.15, 0.2) is 11.6 Å². The average molecular weight is 299 g/mol. The molecule has 0 atom stereocenters. The molecule has 0 bridgehead atoms. The topological polar surface area (TPSA) is 71.8 Å². The van der Waals surface area contributed by atoms with E-state index in [0.29, 0.717) is 0 Å². The van der Waals surface area contributed by atoms with E-state index in [-0.39, 0.29) is 24.1 Å². The Hall–Kier alpha value is -2.42. The molecule has 2 aromatic heterocycles. The second kappa shape index (κ2) is 5.92. The fourth-order valence-corrected chi connectivity index (χ4v) is 1.66. The van der Waals surface area contributed by atoms with E-state index < -0.39 is 11.7 Å². The van der Waals surface area contributed by atoms with E-state index in [0.717, 1.165) is 10.7 Å². The lowest BCUT2D eigenvalue weighted by Gasteiger charge is -2.11. The number of pyridine rings is 1. The van der Waals surface area contributed by atoms with Crippen LogP contribution in [0.5, 0.6) is 0 Å². The van der Waals surface area contributed by atoms with Crippen LogP contribution in [0, 0.1) is 0 Å². The number of hydrogen-bond acceptors (Lipinski definition) is 4. The number of alkyl halides is 3. The van der Waals surface area contributed by atoms with Crippen molar-refractivity contribution in [2.45, 2.75) is 6.18 Å². The lowest BCUT2D eigenvalue weighted by atomic mass is 10.2. The summed E-state index contributed by atoms with van der Waals surface area (Å²) in [5.74, 6) is -0.548. The molecule has 6 nitrogen and oxygen atoms in total. The fourth-order valence-electron chi connectivity index (χ4n) is 1.66. The smallest absolute Gasteiger partial charge is 0.311 e. The summed E-state index contributed by atoms with van der Waals surface area (Å²) in [6.07, 6.45) is -2.00. The molecule has 0 aliphatic carbocycles. The summed E-state index contributed by atoms with van der Waals surface area (Å²) in [7, 11) is 1.60. The second-order valence-corrected chi connectivity index (χ2v) is 4.10. The predicted molar refractivity (Wildman–Crippen MR) is 68.9 cm³/mol. The largest absolute Gasteiger partial charge is 0.420 e. The van der Waals surface area contributed by atoms with Crippen LogP contribution in [0.3, 0.4) is 0 Å². The summed E-state index contributed by atoms with van der Waals surface area (Å²) < 4.78 is 39.6. The molecule has 0 aromatic carbocycles. The van der Waals surface area contributed by atoms with Gasteiger partial charge < -0.3 is 10.6 Å². The van der Waals surface area contributed by atoms with Crippen molar-refractivity contribution < 1.29 is 18.0 Å². The van der Waals surface area contributed by atoms with E-state index in [1.54, 1.807) is 7.05 Å². The number of nitrogens with zero attached hydrogens (tertiary/aromatic N) is 3. The van der Waals surface area contributed by atoms with E-state index in [4.69, 9.17) is 0 Å². The van der Waals surface area contributed by atoms with Crippen LogP contribution < -0.4 is 10.6 Å². The standard InChI is InChI=1S/C12H12F3N5O/c1-16-7-10(21)18-9-4-6-20(19-9)11-8(12(13,14)15)3-2-5-17-11/h2-6,16H,7H2,1H3,(H,18,19,21). The summed E-state index contributed by atoms with van der Waals surface area (Å²) in [5.41, 5.74) is -0.902. The molecule has 1 amide bonds. The first-order chi connectivity index (χ1) is 9.91. The molecule has 21 heavy (non-hydrogen) atoms. The Morgan fingerprint density at radius 3 is 2.81 bits per heavy atom. The molecule has 2 rings (SSSR count). The van der Waals surface area contributed by atoms with Crippen molar-refractivity contribution in [1.29, 1.82) is 0 Å². The molecule has 0 radical (unpaired) electrons. The minimum atomic E-state index is -4.54. The number of hydrogen-bond donors (Lipinski definition) is 2. The number of carbonyl (C=O) groups is 1. The summed E-state index contributed by atoms with van der Waals surface area (Å²) in [6, 6.07) is 3.51. The zero-order valence-electron chi connectivity index (χ0n) is 11.0. The highest BCUT2D eigenvalue weighted by Crippen LogP contribution is 2.32. The number of halogens is 3. The molecule has 0 aliphatic rings. The minimum Gasteiger partial charge on any atom is -0.311 e. The first kappa shape index (κ1) is 15.0. The Balaban J connectivity index is 2.28. The average Bonchev–Trinajstić information content (AvgIpc) is 2.86. The van der Waals surface area contributed by atoms with E-state index in [1.807, 2.05) is 0 Å². The van der Waals surface area contributed by atoms with Crippen LogP contribution in [0.15, 0.2) is 30.6 Å². The number of aromatic nitrogens is 3. The van der Waals surface area contributed by atoms with Gasteiger partial charge in [-0.25, -0.2) is 9.67 Å². The number of nitrogens with one attached hydrogen (secondary N) is 2. The van der Waals surface area contributed by atoms with Gasteiger partial charge in [0.05, 0.1) is 6.54 Å².